The molecule has 0 aliphatic heterocycles. The number of aliphatic carboxylic acids is 1. The van der Waals surface area contributed by atoms with E-state index in [4.69, 9.17) is 14.3 Å². The molecule has 1 amide bonds. The minimum atomic E-state index is -1.03. The van der Waals surface area contributed by atoms with E-state index in [0.717, 1.165) is 0 Å². The number of carbonyl (C=O) groups excluding carboxylic acids is 1. The van der Waals surface area contributed by atoms with Gasteiger partial charge in [-0.05, 0) is 25.1 Å². The molecule has 0 saturated heterocycles. The first-order chi connectivity index (χ1) is 9.99. The summed E-state index contributed by atoms with van der Waals surface area (Å²) in [5.74, 6) is -0.682. The van der Waals surface area contributed by atoms with Crippen molar-refractivity contribution in [1.82, 2.24) is 4.98 Å². The summed E-state index contributed by atoms with van der Waals surface area (Å²) in [7, 11) is 1.51. The average molecular weight is 290 g/mol. The lowest BCUT2D eigenvalue weighted by molar-refractivity contribution is -0.136. The molecule has 0 saturated carbocycles. The average Bonchev–Trinajstić information content (AvgIpc) is 2.78. The van der Waals surface area contributed by atoms with Crippen LogP contribution in [0.2, 0.25) is 0 Å². The van der Waals surface area contributed by atoms with Gasteiger partial charge < -0.3 is 14.3 Å². The van der Waals surface area contributed by atoms with Gasteiger partial charge in [0.25, 0.3) is 5.91 Å². The largest absolute Gasteiger partial charge is 0.497 e. The molecule has 0 aliphatic carbocycles. The van der Waals surface area contributed by atoms with Crippen LogP contribution in [0.4, 0.5) is 6.01 Å². The Kier molecular flexibility index (Phi) is 4.22. The van der Waals surface area contributed by atoms with Crippen LogP contribution in [-0.2, 0) is 11.2 Å². The SMILES string of the molecule is COc1cccc(C(=O)Nc2nc(C)c(CC(=O)O)o2)c1. The highest BCUT2D eigenvalue weighted by atomic mass is 16.5. The van der Waals surface area contributed by atoms with Crippen LogP contribution in [0.3, 0.4) is 0 Å². The molecule has 1 heterocycles. The lowest BCUT2D eigenvalue weighted by Crippen LogP contribution is -2.12. The fourth-order valence-electron chi connectivity index (χ4n) is 1.72. The maximum atomic E-state index is 12.0. The lowest BCUT2D eigenvalue weighted by atomic mass is 10.2. The van der Waals surface area contributed by atoms with Crippen LogP contribution in [0.15, 0.2) is 28.7 Å². The molecule has 0 spiro atoms. The van der Waals surface area contributed by atoms with Crippen molar-refractivity contribution in [3.05, 3.63) is 41.3 Å². The summed E-state index contributed by atoms with van der Waals surface area (Å²) < 4.78 is 10.3. The number of nitrogens with zero attached hydrogens (tertiary/aromatic N) is 1. The van der Waals surface area contributed by atoms with Crippen molar-refractivity contribution < 1.29 is 23.8 Å². The molecule has 0 atom stereocenters. The molecule has 2 N–H and O–H groups in total. The molecule has 0 unspecified atom stereocenters. The summed E-state index contributed by atoms with van der Waals surface area (Å²) in [6, 6.07) is 6.56. The van der Waals surface area contributed by atoms with Gasteiger partial charge in [0.15, 0.2) is 0 Å². The lowest BCUT2D eigenvalue weighted by Gasteiger charge is -2.03. The Morgan fingerprint density at radius 1 is 1.43 bits per heavy atom. The number of benzene rings is 1. The number of ether oxygens (including phenoxy) is 1. The second-order valence-electron chi connectivity index (χ2n) is 4.28. The number of anilines is 1. The highest BCUT2D eigenvalue weighted by Gasteiger charge is 2.15. The zero-order valence-electron chi connectivity index (χ0n) is 11.5. The number of carboxylic acid groups (broad SMARTS) is 1. The molecule has 2 aromatic rings. The molecule has 110 valence electrons. The van der Waals surface area contributed by atoms with Crippen molar-refractivity contribution in [2.24, 2.45) is 0 Å². The third kappa shape index (κ3) is 3.59. The fourth-order valence-corrected chi connectivity index (χ4v) is 1.72. The van der Waals surface area contributed by atoms with Crippen LogP contribution in [0.1, 0.15) is 21.8 Å². The molecule has 21 heavy (non-hydrogen) atoms. The van der Waals surface area contributed by atoms with Crippen molar-refractivity contribution in [2.45, 2.75) is 13.3 Å². The van der Waals surface area contributed by atoms with E-state index in [0.29, 0.717) is 17.0 Å². The Morgan fingerprint density at radius 3 is 2.86 bits per heavy atom. The molecule has 1 aromatic carbocycles. The predicted octanol–water partition coefficient (Wildman–Crippen LogP) is 1.87. The van der Waals surface area contributed by atoms with Gasteiger partial charge in [-0.25, -0.2) is 0 Å². The Morgan fingerprint density at radius 2 is 2.19 bits per heavy atom. The number of carbonyl (C=O) groups is 2. The second kappa shape index (κ2) is 6.08. The van der Waals surface area contributed by atoms with Gasteiger partial charge in [-0.1, -0.05) is 6.07 Å². The molecular weight excluding hydrogens is 276 g/mol. The third-order valence-electron chi connectivity index (χ3n) is 2.76. The number of hydrogen-bond acceptors (Lipinski definition) is 5. The summed E-state index contributed by atoms with van der Waals surface area (Å²) >= 11 is 0. The summed E-state index contributed by atoms with van der Waals surface area (Å²) in [6.45, 7) is 1.61. The summed E-state index contributed by atoms with van der Waals surface area (Å²) in [4.78, 5) is 26.7. The standard InChI is InChI=1S/C14H14N2O5/c1-8-11(7-12(17)18)21-14(15-8)16-13(19)9-4-3-5-10(6-9)20-2/h3-6H,7H2,1-2H3,(H,17,18)(H,15,16,19). The third-order valence-corrected chi connectivity index (χ3v) is 2.76. The van der Waals surface area contributed by atoms with Crippen LogP contribution in [-0.4, -0.2) is 29.1 Å². The van der Waals surface area contributed by atoms with Gasteiger partial charge in [0, 0.05) is 5.56 Å². The van der Waals surface area contributed by atoms with Gasteiger partial charge in [0.2, 0.25) is 0 Å². The summed E-state index contributed by atoms with van der Waals surface area (Å²) in [6.07, 6.45) is -0.284. The topological polar surface area (TPSA) is 102 Å². The minimum absolute atomic E-state index is 0.0310. The van der Waals surface area contributed by atoms with Gasteiger partial charge in [-0.2, -0.15) is 4.98 Å². The molecule has 0 fully saturated rings. The van der Waals surface area contributed by atoms with Gasteiger partial charge in [-0.15, -0.1) is 0 Å². The van der Waals surface area contributed by atoms with Gasteiger partial charge >= 0.3 is 12.0 Å². The van der Waals surface area contributed by atoms with Crippen LogP contribution < -0.4 is 10.1 Å². The number of methoxy groups -OCH3 is 1. The van der Waals surface area contributed by atoms with Gasteiger partial charge in [0.05, 0.1) is 12.8 Å². The van der Waals surface area contributed by atoms with Crippen molar-refractivity contribution in [1.29, 1.82) is 0 Å². The van der Waals surface area contributed by atoms with Crippen molar-refractivity contribution >= 4 is 17.9 Å². The van der Waals surface area contributed by atoms with E-state index in [1.807, 2.05) is 0 Å². The first kappa shape index (κ1) is 14.6. The van der Waals surface area contributed by atoms with Gasteiger partial charge in [-0.3, -0.25) is 14.9 Å². The van der Waals surface area contributed by atoms with E-state index in [1.165, 1.54) is 7.11 Å². The molecule has 0 aliphatic rings. The number of aryl methyl sites for hydroxylation is 1. The number of oxazole rings is 1. The van der Waals surface area contributed by atoms with Crippen molar-refractivity contribution in [3.63, 3.8) is 0 Å². The molecule has 7 heteroatoms. The first-order valence-electron chi connectivity index (χ1n) is 6.13. The highest BCUT2D eigenvalue weighted by molar-refractivity contribution is 6.03. The summed E-state index contributed by atoms with van der Waals surface area (Å²) in [5, 5.41) is 11.2. The molecule has 0 bridgehead atoms. The number of amides is 1. The molecule has 0 radical (unpaired) electrons. The number of rotatable bonds is 5. The van der Waals surface area contributed by atoms with Crippen LogP contribution in [0.5, 0.6) is 5.75 Å². The number of hydrogen-bond donors (Lipinski definition) is 2. The fraction of sp³-hybridized carbons (Fsp3) is 0.214. The van der Waals surface area contributed by atoms with E-state index in [2.05, 4.69) is 10.3 Å². The Hall–Kier alpha value is -2.83. The summed E-state index contributed by atoms with van der Waals surface area (Å²) in [5.41, 5.74) is 0.809. The quantitative estimate of drug-likeness (QED) is 0.871. The van der Waals surface area contributed by atoms with E-state index in [1.54, 1.807) is 31.2 Å². The van der Waals surface area contributed by atoms with E-state index >= 15 is 0 Å². The molecular formula is C14H14N2O5. The van der Waals surface area contributed by atoms with Crippen molar-refractivity contribution in [2.75, 3.05) is 12.4 Å². The zero-order chi connectivity index (χ0) is 15.4. The Balaban J connectivity index is 2.14. The maximum Gasteiger partial charge on any atom is 0.311 e. The van der Waals surface area contributed by atoms with E-state index in [9.17, 15) is 9.59 Å². The van der Waals surface area contributed by atoms with Gasteiger partial charge in [0.1, 0.15) is 17.9 Å². The number of nitrogens with one attached hydrogen (secondary N) is 1. The van der Waals surface area contributed by atoms with Crippen LogP contribution >= 0.6 is 0 Å². The Labute approximate surface area is 120 Å². The maximum absolute atomic E-state index is 12.0. The minimum Gasteiger partial charge on any atom is -0.497 e. The normalized spacial score (nSPS) is 10.2. The highest BCUT2D eigenvalue weighted by Crippen LogP contribution is 2.17. The van der Waals surface area contributed by atoms with E-state index in [-0.39, 0.29) is 18.2 Å². The first-order valence-corrected chi connectivity index (χ1v) is 6.13. The van der Waals surface area contributed by atoms with Crippen molar-refractivity contribution in [3.8, 4) is 5.75 Å². The molecule has 7 nitrogen and oxygen atoms in total. The van der Waals surface area contributed by atoms with Crippen LogP contribution in [0.25, 0.3) is 0 Å². The Bertz CT molecular complexity index is 678. The smallest absolute Gasteiger partial charge is 0.311 e. The van der Waals surface area contributed by atoms with Crippen LogP contribution in [0, 0.1) is 6.92 Å². The molecule has 1 aromatic heterocycles. The number of carboxylic acids is 1. The monoisotopic (exact) mass is 290 g/mol. The predicted molar refractivity (Wildman–Crippen MR) is 73.5 cm³/mol. The van der Waals surface area contributed by atoms with E-state index < -0.39 is 11.9 Å². The zero-order valence-corrected chi connectivity index (χ0v) is 11.5. The second-order valence-corrected chi connectivity index (χ2v) is 4.28. The molecule has 2 rings (SSSR count). The number of aromatic nitrogens is 1.